The molecule has 0 saturated carbocycles. The van der Waals surface area contributed by atoms with E-state index in [0.717, 1.165) is 0 Å². The molecule has 0 fully saturated rings. The molecule has 14 rings (SSSR count). The zero-order chi connectivity index (χ0) is 34.1. The molecule has 10 aromatic rings. The highest BCUT2D eigenvalue weighted by Crippen LogP contribution is 2.58. The van der Waals surface area contributed by atoms with E-state index < -0.39 is 5.66 Å². The van der Waals surface area contributed by atoms with Crippen molar-refractivity contribution in [3.05, 3.63) is 138 Å². The van der Waals surface area contributed by atoms with Crippen molar-refractivity contribution in [2.45, 2.75) is 45.2 Å². The molecule has 1 unspecified atom stereocenters. The predicted molar refractivity (Wildman–Crippen MR) is 209 cm³/mol. The van der Waals surface area contributed by atoms with Gasteiger partial charge in [0.25, 0.3) is 11.6 Å². The van der Waals surface area contributed by atoms with Crippen LogP contribution in [-0.4, -0.2) is 13.7 Å². The van der Waals surface area contributed by atoms with Gasteiger partial charge in [0, 0.05) is 44.5 Å². The molecule has 0 amide bonds. The molecule has 1 spiro atoms. The van der Waals surface area contributed by atoms with Crippen LogP contribution in [0.1, 0.15) is 61.8 Å². The Hall–Kier alpha value is -6.20. The van der Waals surface area contributed by atoms with E-state index in [-0.39, 0.29) is 0 Å². The van der Waals surface area contributed by atoms with Gasteiger partial charge in [0.2, 0.25) is 0 Å². The Morgan fingerprint density at radius 1 is 0.442 bits per heavy atom. The van der Waals surface area contributed by atoms with Crippen molar-refractivity contribution >= 4 is 65.4 Å². The molecule has 0 radical (unpaired) electrons. The molecule has 0 aliphatic carbocycles. The molecule has 0 saturated heterocycles. The van der Waals surface area contributed by atoms with Crippen LogP contribution < -0.4 is 9.13 Å². The lowest BCUT2D eigenvalue weighted by molar-refractivity contribution is -0.934. The van der Waals surface area contributed by atoms with Gasteiger partial charge in [-0.05, 0) is 83.6 Å². The maximum Gasteiger partial charge on any atom is 0.319 e. The van der Waals surface area contributed by atoms with E-state index in [1.54, 1.807) is 0 Å². The average Bonchev–Trinajstić information content (AvgIpc) is 3.88. The molecule has 9 heterocycles. The quantitative estimate of drug-likeness (QED) is 0.164. The van der Waals surface area contributed by atoms with Gasteiger partial charge >= 0.3 is 5.66 Å². The fourth-order valence-corrected chi connectivity index (χ4v) is 11.1. The first-order valence-corrected chi connectivity index (χ1v) is 18.8. The van der Waals surface area contributed by atoms with E-state index in [2.05, 4.69) is 166 Å². The minimum atomic E-state index is -0.633. The zero-order valence-electron chi connectivity index (χ0n) is 29.4. The smallest absolute Gasteiger partial charge is 0.308 e. The normalized spacial score (nSPS) is 16.9. The Bertz CT molecular complexity index is 3400. The SMILES string of the molecule is CC(C)c1cc2[n+]3c(c1)-n1c4ccccc4c4ccc5c(c41)C31c3c4c(cc6c7ccccc7n(c36)-c3cc(C(C)C)cc-2[n+]31)c1ccccc1n4-5. The van der Waals surface area contributed by atoms with Gasteiger partial charge in [-0.1, -0.05) is 70.2 Å². The Morgan fingerprint density at radius 2 is 0.904 bits per heavy atom. The highest BCUT2D eigenvalue weighted by atomic mass is 15.4. The van der Waals surface area contributed by atoms with Crippen LogP contribution in [0.15, 0.2) is 115 Å². The van der Waals surface area contributed by atoms with Crippen LogP contribution in [0.4, 0.5) is 0 Å². The lowest BCUT2D eigenvalue weighted by Crippen LogP contribution is -2.76. The van der Waals surface area contributed by atoms with E-state index >= 15 is 0 Å². The fourth-order valence-electron chi connectivity index (χ4n) is 11.1. The number of para-hydroxylation sites is 3. The average molecular weight is 668 g/mol. The zero-order valence-corrected chi connectivity index (χ0v) is 29.4. The Kier molecular flexibility index (Phi) is 4.16. The molecular weight excluding hydrogens is 635 g/mol. The summed E-state index contributed by atoms with van der Waals surface area (Å²) >= 11 is 0. The molecule has 5 aromatic heterocycles. The van der Waals surface area contributed by atoms with Crippen LogP contribution in [0.25, 0.3) is 94.1 Å². The summed E-state index contributed by atoms with van der Waals surface area (Å²) in [6.07, 6.45) is 0. The van der Waals surface area contributed by atoms with Crippen LogP contribution in [0.5, 0.6) is 0 Å². The van der Waals surface area contributed by atoms with Crippen molar-refractivity contribution in [1.82, 2.24) is 13.7 Å². The number of benzene rings is 5. The molecule has 5 aromatic carbocycles. The molecule has 1 atom stereocenters. The van der Waals surface area contributed by atoms with Gasteiger partial charge in [-0.2, -0.15) is 18.3 Å². The third-order valence-corrected chi connectivity index (χ3v) is 13.2. The second-order valence-electron chi connectivity index (χ2n) is 16.2. The van der Waals surface area contributed by atoms with E-state index in [1.165, 1.54) is 116 Å². The summed E-state index contributed by atoms with van der Waals surface area (Å²) in [5.41, 5.74) is 16.5. The van der Waals surface area contributed by atoms with E-state index in [4.69, 9.17) is 0 Å². The van der Waals surface area contributed by atoms with Crippen molar-refractivity contribution in [3.63, 3.8) is 0 Å². The van der Waals surface area contributed by atoms with E-state index in [9.17, 15) is 0 Å². The number of hydrogen-bond donors (Lipinski definition) is 0. The summed E-state index contributed by atoms with van der Waals surface area (Å²) in [6, 6.07) is 44.6. The number of hydrogen-bond acceptors (Lipinski definition) is 0. The summed E-state index contributed by atoms with van der Waals surface area (Å²) in [5, 5.41) is 7.89. The van der Waals surface area contributed by atoms with Crippen LogP contribution in [0.2, 0.25) is 0 Å². The third kappa shape index (κ3) is 2.48. The molecule has 5 nitrogen and oxygen atoms in total. The maximum absolute atomic E-state index is 2.76. The minimum absolute atomic E-state index is 0.372. The largest absolute Gasteiger partial charge is 0.319 e. The highest BCUT2D eigenvalue weighted by molar-refractivity contribution is 6.23. The van der Waals surface area contributed by atoms with Crippen molar-refractivity contribution < 1.29 is 9.13 Å². The number of fused-ring (bicyclic) bond motifs is 13. The van der Waals surface area contributed by atoms with Crippen molar-refractivity contribution in [1.29, 1.82) is 0 Å². The number of rotatable bonds is 2. The monoisotopic (exact) mass is 667 g/mol. The van der Waals surface area contributed by atoms with Crippen LogP contribution in [0, 0.1) is 0 Å². The lowest BCUT2D eigenvalue weighted by atomic mass is 9.80. The highest BCUT2D eigenvalue weighted by Gasteiger charge is 2.68. The van der Waals surface area contributed by atoms with Gasteiger partial charge in [-0.3, -0.25) is 0 Å². The number of nitrogens with zero attached hydrogens (tertiary/aromatic N) is 5. The molecule has 0 N–H and O–H groups in total. The van der Waals surface area contributed by atoms with Crippen molar-refractivity contribution in [3.8, 4) is 28.7 Å². The topological polar surface area (TPSA) is 22.5 Å². The van der Waals surface area contributed by atoms with E-state index in [0.29, 0.717) is 11.8 Å². The van der Waals surface area contributed by atoms with Crippen LogP contribution in [0.3, 0.4) is 0 Å². The second-order valence-corrected chi connectivity index (χ2v) is 16.2. The molecule has 0 bridgehead atoms. The minimum Gasteiger partial charge on any atom is -0.308 e. The number of pyridine rings is 2. The fraction of sp³-hybridized carbons (Fsp3) is 0.149. The van der Waals surface area contributed by atoms with Crippen molar-refractivity contribution in [2.75, 3.05) is 0 Å². The van der Waals surface area contributed by atoms with Gasteiger partial charge in [-0.15, -0.1) is 0 Å². The molecule has 4 aliphatic heterocycles. The van der Waals surface area contributed by atoms with Gasteiger partial charge in [-0.25, -0.2) is 0 Å². The third-order valence-electron chi connectivity index (χ3n) is 13.2. The summed E-state index contributed by atoms with van der Waals surface area (Å²) in [4.78, 5) is 0. The molecule has 244 valence electrons. The van der Waals surface area contributed by atoms with Crippen LogP contribution >= 0.6 is 0 Å². The molecular formula is C47H33N5+2. The Morgan fingerprint density at radius 3 is 1.44 bits per heavy atom. The summed E-state index contributed by atoms with van der Waals surface area (Å²) < 4.78 is 13.4. The molecule has 5 heteroatoms. The summed E-state index contributed by atoms with van der Waals surface area (Å²) in [6.45, 7) is 9.35. The van der Waals surface area contributed by atoms with Gasteiger partial charge < -0.3 is 4.57 Å². The Labute approximate surface area is 298 Å². The van der Waals surface area contributed by atoms with Gasteiger partial charge in [0.1, 0.15) is 22.2 Å². The Balaban J connectivity index is 1.39. The second kappa shape index (κ2) is 8.13. The maximum atomic E-state index is 2.76. The number of aromatic nitrogens is 5. The first-order chi connectivity index (χ1) is 25.5. The van der Waals surface area contributed by atoms with Gasteiger partial charge in [0.05, 0.1) is 16.7 Å². The lowest BCUT2D eigenvalue weighted by Gasteiger charge is -2.39. The standard InChI is InChI=1S/C47H33N5/c1-24(2)26-19-38-39-20-27(25(3)4)22-41-50-36-16-10-7-13-30(36)33-23-32-29-12-6-8-14-34(29)48-37-18-17-31-28-11-5-9-15-35(28)49-40(21-26)51(38)47(52(39)41,42(37)44(31)49)43(45(32)48)46(33)50/h5-25H,1-4H3/q+2. The molecule has 4 aliphatic rings. The summed E-state index contributed by atoms with van der Waals surface area (Å²) in [7, 11) is 0. The van der Waals surface area contributed by atoms with Crippen LogP contribution in [-0.2, 0) is 5.66 Å². The van der Waals surface area contributed by atoms with Crippen molar-refractivity contribution in [2.24, 2.45) is 0 Å². The first-order valence-electron chi connectivity index (χ1n) is 18.8. The molecule has 52 heavy (non-hydrogen) atoms. The first kappa shape index (κ1) is 26.6. The van der Waals surface area contributed by atoms with Gasteiger partial charge in [0.15, 0.2) is 22.4 Å². The predicted octanol–water partition coefficient (Wildman–Crippen LogP) is 10.0. The van der Waals surface area contributed by atoms with E-state index in [1.807, 2.05) is 0 Å². The summed E-state index contributed by atoms with van der Waals surface area (Å²) in [5.74, 6) is 3.24.